The number of aryl methyl sites for hydroxylation is 3. The fourth-order valence-corrected chi connectivity index (χ4v) is 4.01. The Balaban J connectivity index is 1.71. The number of hydrogen-bond acceptors (Lipinski definition) is 3. The number of aromatic nitrogens is 3. The second-order valence-corrected chi connectivity index (χ2v) is 7.51. The molecule has 5 heteroatoms. The zero-order valence-electron chi connectivity index (χ0n) is 16.3. The summed E-state index contributed by atoms with van der Waals surface area (Å²) >= 11 is 0. The lowest BCUT2D eigenvalue weighted by atomic mass is 10.0. The van der Waals surface area contributed by atoms with Gasteiger partial charge in [-0.05, 0) is 57.0 Å². The summed E-state index contributed by atoms with van der Waals surface area (Å²) in [6, 6.07) is 10.0. The fourth-order valence-electron chi connectivity index (χ4n) is 4.01. The van der Waals surface area contributed by atoms with E-state index in [2.05, 4.69) is 44.8 Å². The van der Waals surface area contributed by atoms with Gasteiger partial charge in [0.25, 0.3) is 5.91 Å². The van der Waals surface area contributed by atoms with Crippen LogP contribution in [0.2, 0.25) is 0 Å². The standard InChI is InChI=1S/C22H26N4O/c1-15-16(2)24-19-14-17(10-11-18(19)23-15)22(27)26-13-6-4-5-8-21(26)20-9-7-12-25(20)3/h7,9-12,14,21H,4-6,8,13H2,1-3H3/t21-/m1/s1. The molecule has 3 aromatic rings. The van der Waals surface area contributed by atoms with Crippen molar-refractivity contribution in [2.45, 2.75) is 45.6 Å². The summed E-state index contributed by atoms with van der Waals surface area (Å²) in [5.74, 6) is 0.0880. The van der Waals surface area contributed by atoms with Gasteiger partial charge >= 0.3 is 0 Å². The molecule has 3 heterocycles. The zero-order valence-corrected chi connectivity index (χ0v) is 16.3. The summed E-state index contributed by atoms with van der Waals surface area (Å²) in [4.78, 5) is 24.7. The molecule has 0 saturated carbocycles. The van der Waals surface area contributed by atoms with Gasteiger partial charge in [-0.2, -0.15) is 0 Å². The third kappa shape index (κ3) is 3.34. The molecule has 0 aliphatic carbocycles. The summed E-state index contributed by atoms with van der Waals surface area (Å²) in [6.45, 7) is 4.71. The molecule has 5 nitrogen and oxygen atoms in total. The number of hydrogen-bond donors (Lipinski definition) is 0. The number of rotatable bonds is 2. The van der Waals surface area contributed by atoms with Crippen molar-refractivity contribution >= 4 is 16.9 Å². The first-order chi connectivity index (χ1) is 13.0. The average molecular weight is 362 g/mol. The van der Waals surface area contributed by atoms with Crippen LogP contribution in [0.5, 0.6) is 0 Å². The quantitative estimate of drug-likeness (QED) is 0.681. The lowest BCUT2D eigenvalue weighted by molar-refractivity contribution is 0.0674. The van der Waals surface area contributed by atoms with E-state index in [0.29, 0.717) is 5.56 Å². The maximum Gasteiger partial charge on any atom is 0.254 e. The van der Waals surface area contributed by atoms with Gasteiger partial charge in [-0.25, -0.2) is 9.97 Å². The molecule has 0 bridgehead atoms. The molecular weight excluding hydrogens is 336 g/mol. The van der Waals surface area contributed by atoms with E-state index in [1.165, 1.54) is 12.1 Å². The summed E-state index contributed by atoms with van der Waals surface area (Å²) in [5.41, 5.74) is 5.36. The Morgan fingerprint density at radius 2 is 1.81 bits per heavy atom. The van der Waals surface area contributed by atoms with E-state index in [1.807, 2.05) is 32.0 Å². The van der Waals surface area contributed by atoms with Crippen molar-refractivity contribution in [3.8, 4) is 0 Å². The van der Waals surface area contributed by atoms with E-state index < -0.39 is 0 Å². The zero-order chi connectivity index (χ0) is 19.0. The molecule has 0 N–H and O–H groups in total. The van der Waals surface area contributed by atoms with Crippen LogP contribution >= 0.6 is 0 Å². The second-order valence-electron chi connectivity index (χ2n) is 7.51. The van der Waals surface area contributed by atoms with Crippen molar-refractivity contribution in [1.82, 2.24) is 19.4 Å². The largest absolute Gasteiger partial charge is 0.353 e. The number of carbonyl (C=O) groups excluding carboxylic acids is 1. The van der Waals surface area contributed by atoms with E-state index >= 15 is 0 Å². The smallest absolute Gasteiger partial charge is 0.254 e. The summed E-state index contributed by atoms with van der Waals surface area (Å²) in [5, 5.41) is 0. The molecule has 0 unspecified atom stereocenters. The van der Waals surface area contributed by atoms with E-state index in [9.17, 15) is 4.79 Å². The minimum absolute atomic E-state index is 0.0880. The number of likely N-dealkylation sites (tertiary alicyclic amines) is 1. The predicted octanol–water partition coefficient (Wildman–Crippen LogP) is 4.34. The van der Waals surface area contributed by atoms with Crippen LogP contribution < -0.4 is 0 Å². The maximum atomic E-state index is 13.4. The van der Waals surface area contributed by atoms with Gasteiger partial charge in [-0.1, -0.05) is 12.8 Å². The van der Waals surface area contributed by atoms with Gasteiger partial charge in [-0.15, -0.1) is 0 Å². The number of benzene rings is 1. The Bertz CT molecular complexity index is 991. The van der Waals surface area contributed by atoms with Gasteiger partial charge < -0.3 is 9.47 Å². The minimum atomic E-state index is 0.0880. The van der Waals surface area contributed by atoms with Crippen LogP contribution in [-0.2, 0) is 7.05 Å². The van der Waals surface area contributed by atoms with Crippen molar-refractivity contribution in [3.05, 3.63) is 59.2 Å². The minimum Gasteiger partial charge on any atom is -0.353 e. The normalized spacial score (nSPS) is 17.9. The lowest BCUT2D eigenvalue weighted by Crippen LogP contribution is -2.35. The highest BCUT2D eigenvalue weighted by atomic mass is 16.2. The van der Waals surface area contributed by atoms with Crippen molar-refractivity contribution < 1.29 is 4.79 Å². The molecule has 27 heavy (non-hydrogen) atoms. The summed E-state index contributed by atoms with van der Waals surface area (Å²) in [6.07, 6.45) is 6.45. The highest BCUT2D eigenvalue weighted by Crippen LogP contribution is 2.31. The number of carbonyl (C=O) groups is 1. The first kappa shape index (κ1) is 17.7. The molecule has 1 aliphatic heterocycles. The topological polar surface area (TPSA) is 51.0 Å². The van der Waals surface area contributed by atoms with Crippen LogP contribution in [0, 0.1) is 13.8 Å². The van der Waals surface area contributed by atoms with Crippen molar-refractivity contribution in [2.24, 2.45) is 7.05 Å². The lowest BCUT2D eigenvalue weighted by Gasteiger charge is -2.31. The number of amides is 1. The van der Waals surface area contributed by atoms with Crippen molar-refractivity contribution in [2.75, 3.05) is 6.54 Å². The molecule has 1 aliphatic rings. The van der Waals surface area contributed by atoms with Crippen molar-refractivity contribution in [3.63, 3.8) is 0 Å². The van der Waals surface area contributed by atoms with Gasteiger partial charge in [0.15, 0.2) is 0 Å². The van der Waals surface area contributed by atoms with Gasteiger partial charge in [0.2, 0.25) is 0 Å². The number of nitrogens with zero attached hydrogens (tertiary/aromatic N) is 4. The highest BCUT2D eigenvalue weighted by molar-refractivity contribution is 5.97. The van der Waals surface area contributed by atoms with Crippen LogP contribution in [0.15, 0.2) is 36.5 Å². The van der Waals surface area contributed by atoms with E-state index in [-0.39, 0.29) is 11.9 Å². The molecule has 1 saturated heterocycles. The third-order valence-electron chi connectivity index (χ3n) is 5.66. The number of fused-ring (bicyclic) bond motifs is 1. The molecule has 0 spiro atoms. The van der Waals surface area contributed by atoms with Gasteiger partial charge in [0.05, 0.1) is 28.5 Å². The molecule has 140 valence electrons. The first-order valence-electron chi connectivity index (χ1n) is 9.72. The Hall–Kier alpha value is -2.69. The molecular formula is C22H26N4O. The SMILES string of the molecule is Cc1nc2ccc(C(=O)N3CCCCC[C@@H]3c3cccn3C)cc2nc1C. The van der Waals surface area contributed by atoms with E-state index in [4.69, 9.17) is 0 Å². The van der Waals surface area contributed by atoms with Gasteiger partial charge in [0.1, 0.15) is 0 Å². The highest BCUT2D eigenvalue weighted by Gasteiger charge is 2.29. The molecule has 4 rings (SSSR count). The predicted molar refractivity (Wildman–Crippen MR) is 107 cm³/mol. The van der Waals surface area contributed by atoms with Crippen LogP contribution in [-0.4, -0.2) is 31.9 Å². The Morgan fingerprint density at radius 1 is 1.04 bits per heavy atom. The first-order valence-corrected chi connectivity index (χ1v) is 9.72. The molecule has 1 atom stereocenters. The van der Waals surface area contributed by atoms with Crippen LogP contribution in [0.25, 0.3) is 11.0 Å². The monoisotopic (exact) mass is 362 g/mol. The third-order valence-corrected chi connectivity index (χ3v) is 5.66. The van der Waals surface area contributed by atoms with E-state index in [0.717, 1.165) is 48.2 Å². The van der Waals surface area contributed by atoms with Gasteiger partial charge in [0, 0.05) is 31.0 Å². The molecule has 1 aromatic carbocycles. The fraction of sp³-hybridized carbons (Fsp3) is 0.409. The maximum absolute atomic E-state index is 13.4. The second kappa shape index (κ2) is 7.14. The van der Waals surface area contributed by atoms with Crippen LogP contribution in [0.1, 0.15) is 59.2 Å². The molecule has 1 amide bonds. The summed E-state index contributed by atoms with van der Waals surface area (Å²) in [7, 11) is 2.06. The Labute approximate surface area is 160 Å². The van der Waals surface area contributed by atoms with E-state index in [1.54, 1.807) is 0 Å². The molecule has 1 fully saturated rings. The molecule has 2 aromatic heterocycles. The Kier molecular flexibility index (Phi) is 4.68. The summed E-state index contributed by atoms with van der Waals surface area (Å²) < 4.78 is 2.13. The van der Waals surface area contributed by atoms with Crippen LogP contribution in [0.3, 0.4) is 0 Å². The molecule has 0 radical (unpaired) electrons. The van der Waals surface area contributed by atoms with Gasteiger partial charge in [-0.3, -0.25) is 4.79 Å². The average Bonchev–Trinajstić information content (AvgIpc) is 2.93. The van der Waals surface area contributed by atoms with Crippen LogP contribution in [0.4, 0.5) is 0 Å². The Morgan fingerprint density at radius 3 is 2.56 bits per heavy atom. The van der Waals surface area contributed by atoms with Crippen molar-refractivity contribution in [1.29, 1.82) is 0 Å².